The van der Waals surface area contributed by atoms with Crippen LogP contribution in [0, 0.1) is 5.95 Å². The molecule has 1 amide bonds. The van der Waals surface area contributed by atoms with Crippen LogP contribution in [0.1, 0.15) is 26.3 Å². The molecule has 1 atom stereocenters. The normalized spacial score (nSPS) is 14.5. The summed E-state index contributed by atoms with van der Waals surface area (Å²) in [6.07, 6.45) is 3.37. The molecule has 2 heterocycles. The van der Waals surface area contributed by atoms with E-state index < -0.39 is 25.0 Å². The van der Waals surface area contributed by atoms with Crippen molar-refractivity contribution in [1.29, 1.82) is 0 Å². The number of aromatic nitrogens is 3. The van der Waals surface area contributed by atoms with Gasteiger partial charge in [0.15, 0.2) is 0 Å². The molecule has 110 valence electrons. The Bertz CT molecular complexity index is 715. The van der Waals surface area contributed by atoms with Crippen molar-refractivity contribution in [2.75, 3.05) is 13.6 Å². The third-order valence-electron chi connectivity index (χ3n) is 2.57. The van der Waals surface area contributed by atoms with Crippen LogP contribution in [0.3, 0.4) is 0 Å². The Labute approximate surface area is 124 Å². The topological polar surface area (TPSA) is 97.2 Å². The van der Waals surface area contributed by atoms with Crippen LogP contribution in [0.2, 0.25) is 0 Å². The molecule has 0 spiro atoms. The van der Waals surface area contributed by atoms with Gasteiger partial charge in [0.1, 0.15) is 17.5 Å². The molecule has 21 heavy (non-hydrogen) atoms. The number of carbonyl (C=O) groups excluding carboxylic acids is 1. The average molecular weight is 295 g/mol. The van der Waals surface area contributed by atoms with Crippen LogP contribution in [0.4, 0.5) is 4.39 Å². The summed E-state index contributed by atoms with van der Waals surface area (Å²) in [5, 5.41) is 12.3. The second kappa shape index (κ2) is 6.71. The number of carbonyl (C=O) groups is 1. The van der Waals surface area contributed by atoms with Crippen LogP contribution >= 0.6 is 0 Å². The summed E-state index contributed by atoms with van der Waals surface area (Å²) in [7, 11) is -2.73. The fraction of sp³-hybridized carbons (Fsp3) is 0.231. The monoisotopic (exact) mass is 295 g/mol. The molecule has 2 rings (SSSR count). The molecule has 0 aliphatic heterocycles. The Hall–Kier alpha value is -2.61. The van der Waals surface area contributed by atoms with E-state index in [0.29, 0.717) is 0 Å². The number of hydrogen-bond donors (Lipinski definition) is 2. The van der Waals surface area contributed by atoms with Crippen molar-refractivity contribution < 1.29 is 23.1 Å². The number of nitrogens with zero attached hydrogens (tertiary/aromatic N) is 3. The van der Waals surface area contributed by atoms with Crippen molar-refractivity contribution in [3.05, 3.63) is 48.1 Å². The number of nitrogens with one attached hydrogen (secondary N) is 1. The van der Waals surface area contributed by atoms with Crippen molar-refractivity contribution in [3.8, 4) is 5.75 Å². The zero-order valence-electron chi connectivity index (χ0n) is 13.7. The van der Waals surface area contributed by atoms with Crippen LogP contribution in [0.5, 0.6) is 5.75 Å². The Balaban J connectivity index is 2.05. The Morgan fingerprint density at radius 2 is 2.38 bits per heavy atom. The van der Waals surface area contributed by atoms with E-state index in [1.807, 2.05) is 0 Å². The predicted molar refractivity (Wildman–Crippen MR) is 70.1 cm³/mol. The maximum absolute atomic E-state index is 13.7. The summed E-state index contributed by atoms with van der Waals surface area (Å²) in [6, 6.07) is 1.01. The van der Waals surface area contributed by atoms with E-state index in [0.717, 1.165) is 12.3 Å². The second-order valence-electron chi connectivity index (χ2n) is 3.97. The molecule has 8 heteroatoms. The van der Waals surface area contributed by atoms with E-state index in [1.165, 1.54) is 18.6 Å². The van der Waals surface area contributed by atoms with Gasteiger partial charge < -0.3 is 15.2 Å². The van der Waals surface area contributed by atoms with E-state index in [4.69, 9.17) is 4.11 Å². The molecule has 0 aliphatic carbocycles. The molecule has 0 saturated carbocycles. The third-order valence-corrected chi connectivity index (χ3v) is 2.57. The minimum absolute atomic E-state index is 0.0304. The number of pyridine rings is 1. The van der Waals surface area contributed by atoms with Gasteiger partial charge in [-0.05, 0) is 6.07 Å². The first kappa shape index (κ1) is 11.1. The van der Waals surface area contributed by atoms with E-state index in [-0.39, 0.29) is 23.6 Å². The highest BCUT2D eigenvalue weighted by atomic mass is 19.1. The zero-order valence-corrected chi connectivity index (χ0v) is 10.7. The van der Waals surface area contributed by atoms with E-state index >= 15 is 0 Å². The summed E-state index contributed by atoms with van der Waals surface area (Å²) in [6.45, 7) is -0.342. The van der Waals surface area contributed by atoms with Crippen LogP contribution in [0.15, 0.2) is 30.9 Å². The summed E-state index contributed by atoms with van der Waals surface area (Å²) in [5.74, 6) is -1.84. The van der Waals surface area contributed by atoms with Gasteiger partial charge in [-0.15, -0.1) is 0 Å². The maximum Gasteiger partial charge on any atom is 0.271 e. The van der Waals surface area contributed by atoms with Crippen LogP contribution in [-0.2, 0) is 0 Å². The number of aliphatic hydroxyl groups excluding tert-OH is 1. The number of amides is 1. The van der Waals surface area contributed by atoms with Crippen molar-refractivity contribution in [1.82, 2.24) is 20.3 Å². The number of rotatable bonds is 5. The lowest BCUT2D eigenvalue weighted by Gasteiger charge is -2.13. The van der Waals surface area contributed by atoms with Crippen molar-refractivity contribution >= 4 is 5.91 Å². The highest BCUT2D eigenvalue weighted by molar-refractivity contribution is 5.91. The molecule has 0 bridgehead atoms. The second-order valence-corrected chi connectivity index (χ2v) is 3.97. The van der Waals surface area contributed by atoms with Gasteiger partial charge in [0.05, 0.1) is 23.5 Å². The lowest BCUT2D eigenvalue weighted by Crippen LogP contribution is -2.29. The highest BCUT2D eigenvalue weighted by Gasteiger charge is 2.17. The molecule has 2 aromatic rings. The maximum atomic E-state index is 13.7. The predicted octanol–water partition coefficient (Wildman–Crippen LogP) is 0.483. The molecular weight excluding hydrogens is 279 g/mol. The Kier molecular flexibility index (Phi) is 3.54. The molecule has 1 unspecified atom stereocenters. The number of halogens is 1. The highest BCUT2D eigenvalue weighted by Crippen LogP contribution is 2.20. The molecule has 7 nitrogen and oxygen atoms in total. The first-order chi connectivity index (χ1) is 11.3. The van der Waals surface area contributed by atoms with Crippen LogP contribution < -0.4 is 10.1 Å². The van der Waals surface area contributed by atoms with Gasteiger partial charge in [-0.1, -0.05) is 0 Å². The minimum Gasteiger partial charge on any atom is -0.495 e. The molecule has 2 N–H and O–H groups in total. The molecule has 0 aromatic carbocycles. The molecule has 0 aliphatic rings. The lowest BCUT2D eigenvalue weighted by atomic mass is 10.1. The van der Waals surface area contributed by atoms with Gasteiger partial charge in [0.25, 0.3) is 5.91 Å². The Morgan fingerprint density at radius 3 is 3.10 bits per heavy atom. The summed E-state index contributed by atoms with van der Waals surface area (Å²) < 4.78 is 39.3. The fourth-order valence-corrected chi connectivity index (χ4v) is 1.54. The quantitative estimate of drug-likeness (QED) is 0.779. The van der Waals surface area contributed by atoms with Crippen molar-refractivity contribution in [2.45, 2.75) is 6.10 Å². The zero-order chi connectivity index (χ0) is 17.7. The van der Waals surface area contributed by atoms with Crippen molar-refractivity contribution in [3.63, 3.8) is 0 Å². The molecule has 0 radical (unpaired) electrons. The van der Waals surface area contributed by atoms with E-state index in [1.54, 1.807) is 0 Å². The summed E-state index contributed by atoms with van der Waals surface area (Å²) in [5.41, 5.74) is -0.279. The number of aliphatic hydroxyl groups is 1. The molecule has 0 saturated heterocycles. The standard InChI is InChI=1S/C13H13FN4O3/c1-21-8-4-9(12(14)17-5-8)11(19)7-18-13(20)10-6-15-2-3-16-10/h2-6,11,19H,7H2,1H3,(H,18,20)/i1D3. The minimum atomic E-state index is -2.73. The number of hydrogen-bond acceptors (Lipinski definition) is 6. The van der Waals surface area contributed by atoms with Crippen LogP contribution in [-0.4, -0.2) is 39.5 Å². The smallest absolute Gasteiger partial charge is 0.271 e. The van der Waals surface area contributed by atoms with Gasteiger partial charge >= 0.3 is 0 Å². The molecular formula is C13H13FN4O3. The average Bonchev–Trinajstić information content (AvgIpc) is 2.53. The SMILES string of the molecule is [2H]C([2H])([2H])Oc1cnc(F)c(C(O)CNC(=O)c2cnccn2)c1. The number of methoxy groups -OCH3 is 1. The Morgan fingerprint density at radius 1 is 1.52 bits per heavy atom. The first-order valence-electron chi connectivity index (χ1n) is 7.33. The molecule has 2 aromatic heterocycles. The van der Waals surface area contributed by atoms with Gasteiger partial charge in [0.2, 0.25) is 5.95 Å². The van der Waals surface area contributed by atoms with Crippen LogP contribution in [0.25, 0.3) is 0 Å². The summed E-state index contributed by atoms with van der Waals surface area (Å²) in [4.78, 5) is 22.6. The third kappa shape index (κ3) is 3.69. The largest absolute Gasteiger partial charge is 0.495 e. The van der Waals surface area contributed by atoms with Gasteiger partial charge in [0, 0.05) is 24.5 Å². The molecule has 0 fully saturated rings. The fourth-order valence-electron chi connectivity index (χ4n) is 1.54. The lowest BCUT2D eigenvalue weighted by molar-refractivity contribution is 0.0908. The van der Waals surface area contributed by atoms with Gasteiger partial charge in [-0.2, -0.15) is 4.39 Å². The van der Waals surface area contributed by atoms with Gasteiger partial charge in [-0.25, -0.2) is 9.97 Å². The van der Waals surface area contributed by atoms with E-state index in [2.05, 4.69) is 25.0 Å². The van der Waals surface area contributed by atoms with E-state index in [9.17, 15) is 14.3 Å². The first-order valence-corrected chi connectivity index (χ1v) is 5.83. The van der Waals surface area contributed by atoms with Gasteiger partial charge in [-0.3, -0.25) is 9.78 Å². The van der Waals surface area contributed by atoms with Crippen molar-refractivity contribution in [2.24, 2.45) is 0 Å². The summed E-state index contributed by atoms with van der Waals surface area (Å²) >= 11 is 0. The number of ether oxygens (including phenoxy) is 1.